The summed E-state index contributed by atoms with van der Waals surface area (Å²) in [6, 6.07) is 9.03. The van der Waals surface area contributed by atoms with Crippen LogP contribution < -0.4 is 20.7 Å². The summed E-state index contributed by atoms with van der Waals surface area (Å²) < 4.78 is 7.37. The van der Waals surface area contributed by atoms with E-state index < -0.39 is 12.0 Å². The molecule has 1 aliphatic heterocycles. The van der Waals surface area contributed by atoms with Gasteiger partial charge in [-0.25, -0.2) is 0 Å². The largest absolute Gasteiger partial charge is 0.477 e. The fourth-order valence-corrected chi connectivity index (χ4v) is 2.73. The molecule has 2 heterocycles. The van der Waals surface area contributed by atoms with Crippen molar-refractivity contribution in [3.05, 3.63) is 42.7 Å². The number of nitrogens with zero attached hydrogens (tertiary/aromatic N) is 3. The number of benzene rings is 1. The van der Waals surface area contributed by atoms with Crippen LogP contribution in [0.3, 0.4) is 0 Å². The second kappa shape index (κ2) is 7.35. The molecule has 0 bridgehead atoms. The van der Waals surface area contributed by atoms with Gasteiger partial charge >= 0.3 is 0 Å². The predicted molar refractivity (Wildman–Crippen MR) is 92.1 cm³/mol. The van der Waals surface area contributed by atoms with Crippen LogP contribution in [0.4, 0.5) is 5.69 Å². The minimum absolute atomic E-state index is 0.0621. The number of primary amides is 1. The van der Waals surface area contributed by atoms with E-state index in [1.807, 2.05) is 25.3 Å². The predicted octanol–water partition coefficient (Wildman–Crippen LogP) is 0.141. The Morgan fingerprint density at radius 3 is 2.92 bits per heavy atom. The van der Waals surface area contributed by atoms with Gasteiger partial charge in [0.25, 0.3) is 5.91 Å². The van der Waals surface area contributed by atoms with Crippen LogP contribution in [-0.2, 0) is 16.1 Å². The summed E-state index contributed by atoms with van der Waals surface area (Å²) in [6.45, 7) is 2.89. The average Bonchev–Trinajstić information content (AvgIpc) is 3.11. The van der Waals surface area contributed by atoms with Gasteiger partial charge in [-0.05, 0) is 25.1 Å². The summed E-state index contributed by atoms with van der Waals surface area (Å²) >= 11 is 0. The Hall–Kier alpha value is -2.87. The molecule has 132 valence electrons. The summed E-state index contributed by atoms with van der Waals surface area (Å²) in [5, 5.41) is 7.33. The molecular weight excluding hydrogens is 322 g/mol. The molecule has 0 saturated heterocycles. The van der Waals surface area contributed by atoms with Gasteiger partial charge in [0.1, 0.15) is 5.75 Å². The molecule has 25 heavy (non-hydrogen) atoms. The Kier molecular flexibility index (Phi) is 4.99. The number of amides is 2. The highest BCUT2D eigenvalue weighted by Gasteiger charge is 2.32. The molecule has 0 radical (unpaired) electrons. The number of carbonyl (C=O) groups excluding carboxylic acids is 2. The molecule has 8 heteroatoms. The number of rotatable bonds is 6. The summed E-state index contributed by atoms with van der Waals surface area (Å²) in [7, 11) is 0. The third-order valence-electron chi connectivity index (χ3n) is 4.01. The van der Waals surface area contributed by atoms with E-state index >= 15 is 0 Å². The summed E-state index contributed by atoms with van der Waals surface area (Å²) in [4.78, 5) is 25.7. The molecule has 3 rings (SSSR count). The van der Waals surface area contributed by atoms with Crippen molar-refractivity contribution in [3.8, 4) is 5.75 Å². The van der Waals surface area contributed by atoms with E-state index in [-0.39, 0.29) is 25.0 Å². The summed E-state index contributed by atoms with van der Waals surface area (Å²) in [5.74, 6) is -0.253. The number of anilines is 1. The van der Waals surface area contributed by atoms with Gasteiger partial charge in [-0.1, -0.05) is 12.1 Å². The molecule has 2 amide bonds. The van der Waals surface area contributed by atoms with Crippen LogP contribution in [-0.4, -0.2) is 46.8 Å². The van der Waals surface area contributed by atoms with E-state index in [0.717, 1.165) is 0 Å². The Morgan fingerprint density at radius 2 is 2.20 bits per heavy atom. The first-order chi connectivity index (χ1) is 12.0. The van der Waals surface area contributed by atoms with Gasteiger partial charge < -0.3 is 20.7 Å². The Labute approximate surface area is 145 Å². The molecule has 1 aromatic carbocycles. The number of hydrogen-bond acceptors (Lipinski definition) is 5. The zero-order chi connectivity index (χ0) is 17.8. The maximum absolute atomic E-state index is 12.7. The normalized spacial score (nSPS) is 17.5. The zero-order valence-electron chi connectivity index (χ0n) is 14.0. The van der Waals surface area contributed by atoms with E-state index in [1.54, 1.807) is 34.0 Å². The summed E-state index contributed by atoms with van der Waals surface area (Å²) in [5.41, 5.74) is 6.00. The minimum atomic E-state index is -0.847. The number of fused-ring (bicyclic) bond motifs is 1. The maximum atomic E-state index is 12.7. The quantitative estimate of drug-likeness (QED) is 0.777. The average molecular weight is 343 g/mol. The molecular formula is C17H21N5O3. The number of nitrogens with one attached hydrogen (secondary N) is 1. The molecule has 3 N–H and O–H groups in total. The van der Waals surface area contributed by atoms with Gasteiger partial charge in [-0.3, -0.25) is 14.3 Å². The lowest BCUT2D eigenvalue weighted by molar-refractivity contribution is -0.125. The fraction of sp³-hybridized carbons (Fsp3) is 0.353. The maximum Gasteiger partial charge on any atom is 0.260 e. The highest BCUT2D eigenvalue weighted by Crippen LogP contribution is 2.32. The minimum Gasteiger partial charge on any atom is -0.477 e. The molecule has 0 spiro atoms. The van der Waals surface area contributed by atoms with Crippen molar-refractivity contribution in [2.45, 2.75) is 25.6 Å². The molecule has 2 aromatic rings. The molecule has 0 unspecified atom stereocenters. The van der Waals surface area contributed by atoms with Crippen LogP contribution in [0.15, 0.2) is 42.7 Å². The second-order valence-corrected chi connectivity index (χ2v) is 5.99. The van der Waals surface area contributed by atoms with Crippen molar-refractivity contribution in [1.82, 2.24) is 15.1 Å². The highest BCUT2D eigenvalue weighted by molar-refractivity contribution is 5.98. The van der Waals surface area contributed by atoms with E-state index in [1.165, 1.54) is 0 Å². The van der Waals surface area contributed by atoms with Gasteiger partial charge in [0.05, 0.1) is 25.3 Å². The van der Waals surface area contributed by atoms with E-state index in [4.69, 9.17) is 10.5 Å². The Balaban J connectivity index is 1.65. The van der Waals surface area contributed by atoms with Crippen molar-refractivity contribution in [2.75, 3.05) is 18.0 Å². The van der Waals surface area contributed by atoms with Crippen LogP contribution in [0.25, 0.3) is 0 Å². The third kappa shape index (κ3) is 3.97. The lowest BCUT2D eigenvalue weighted by Gasteiger charge is -2.33. The number of ether oxygens (including phenoxy) is 1. The van der Waals surface area contributed by atoms with Gasteiger partial charge in [0, 0.05) is 18.4 Å². The Bertz CT molecular complexity index is 747. The first-order valence-electron chi connectivity index (χ1n) is 8.11. The lowest BCUT2D eigenvalue weighted by Crippen LogP contribution is -2.51. The highest BCUT2D eigenvalue weighted by atomic mass is 16.5. The van der Waals surface area contributed by atoms with Gasteiger partial charge in [-0.15, -0.1) is 0 Å². The van der Waals surface area contributed by atoms with E-state index in [9.17, 15) is 9.59 Å². The van der Waals surface area contributed by atoms with Crippen molar-refractivity contribution in [3.63, 3.8) is 0 Å². The molecule has 8 nitrogen and oxygen atoms in total. The molecule has 0 fully saturated rings. The van der Waals surface area contributed by atoms with Crippen LogP contribution in [0.5, 0.6) is 5.75 Å². The third-order valence-corrected chi connectivity index (χ3v) is 4.01. The first kappa shape index (κ1) is 17.0. The molecule has 0 aliphatic carbocycles. The fourth-order valence-electron chi connectivity index (χ4n) is 2.73. The van der Waals surface area contributed by atoms with Crippen LogP contribution in [0.2, 0.25) is 0 Å². The second-order valence-electron chi connectivity index (χ2n) is 5.99. The molecule has 1 aromatic heterocycles. The van der Waals surface area contributed by atoms with Crippen molar-refractivity contribution in [1.29, 1.82) is 0 Å². The number of para-hydroxylation sites is 2. The van der Waals surface area contributed by atoms with Crippen molar-refractivity contribution >= 4 is 17.5 Å². The monoisotopic (exact) mass is 343 g/mol. The molecule has 0 saturated carbocycles. The molecule has 1 aliphatic rings. The molecule has 2 atom stereocenters. The number of nitrogens with two attached hydrogens (primary N) is 1. The lowest BCUT2D eigenvalue weighted by atomic mass is 10.1. The van der Waals surface area contributed by atoms with Crippen LogP contribution in [0, 0.1) is 0 Å². The van der Waals surface area contributed by atoms with Gasteiger partial charge in [0.15, 0.2) is 6.10 Å². The topological polar surface area (TPSA) is 102 Å². The zero-order valence-corrected chi connectivity index (χ0v) is 14.0. The Morgan fingerprint density at radius 1 is 1.40 bits per heavy atom. The van der Waals surface area contributed by atoms with Gasteiger partial charge in [-0.2, -0.15) is 5.10 Å². The number of aromatic nitrogens is 2. The number of hydrogen-bond donors (Lipinski definition) is 2. The van der Waals surface area contributed by atoms with E-state index in [2.05, 4.69) is 10.4 Å². The standard InChI is InChI=1S/C17H21N5O3/c1-12(10-21-8-4-7-20-21)19-9-16(23)22-11-15(17(18)24)25-14-6-3-2-5-13(14)22/h2-8,12,15,19H,9-11H2,1H3,(H2,18,24)/t12-,15-/m1/s1. The van der Waals surface area contributed by atoms with Crippen LogP contribution in [0.1, 0.15) is 6.92 Å². The van der Waals surface area contributed by atoms with E-state index in [0.29, 0.717) is 18.0 Å². The van der Waals surface area contributed by atoms with Crippen LogP contribution >= 0.6 is 0 Å². The smallest absolute Gasteiger partial charge is 0.260 e. The SMILES string of the molecule is C[C@H](Cn1cccn1)NCC(=O)N1C[C@H](C(N)=O)Oc2ccccc21. The van der Waals surface area contributed by atoms with Crippen molar-refractivity contribution < 1.29 is 14.3 Å². The van der Waals surface area contributed by atoms with Gasteiger partial charge in [0.2, 0.25) is 5.91 Å². The van der Waals surface area contributed by atoms with Crippen molar-refractivity contribution in [2.24, 2.45) is 5.73 Å². The number of carbonyl (C=O) groups is 2. The summed E-state index contributed by atoms with van der Waals surface area (Å²) in [6.07, 6.45) is 2.74. The first-order valence-corrected chi connectivity index (χ1v) is 8.11.